The second-order valence-electron chi connectivity index (χ2n) is 4.51. The van der Waals surface area contributed by atoms with Gasteiger partial charge in [-0.05, 0) is 12.3 Å². The molecule has 0 unspecified atom stereocenters. The van der Waals surface area contributed by atoms with E-state index in [0.29, 0.717) is 12.8 Å². The van der Waals surface area contributed by atoms with Gasteiger partial charge in [0.1, 0.15) is 6.04 Å². The number of amides is 1. The van der Waals surface area contributed by atoms with E-state index >= 15 is 0 Å². The van der Waals surface area contributed by atoms with Crippen LogP contribution in [-0.2, 0) is 16.0 Å². The molecule has 0 aliphatic heterocycles. The number of carbonyl (C=O) groups excluding carboxylic acids is 1. The minimum atomic E-state index is -0.980. The predicted molar refractivity (Wildman–Crippen MR) is 69.5 cm³/mol. The summed E-state index contributed by atoms with van der Waals surface area (Å²) < 4.78 is 0. The van der Waals surface area contributed by atoms with E-state index in [4.69, 9.17) is 5.11 Å². The highest BCUT2D eigenvalue weighted by molar-refractivity contribution is 7.09. The molecule has 1 amide bonds. The van der Waals surface area contributed by atoms with Gasteiger partial charge in [0.2, 0.25) is 5.91 Å². The number of carboxylic acid groups (broad SMARTS) is 1. The summed E-state index contributed by atoms with van der Waals surface area (Å²) in [5.74, 6) is -0.991. The molecule has 0 aliphatic rings. The molecule has 0 fully saturated rings. The second kappa shape index (κ2) is 7.10. The van der Waals surface area contributed by atoms with Crippen molar-refractivity contribution in [3.05, 3.63) is 16.6 Å². The fourth-order valence-corrected chi connectivity index (χ4v) is 2.18. The lowest BCUT2D eigenvalue weighted by atomic mass is 10.0. The molecule has 100 valence electrons. The van der Waals surface area contributed by atoms with Crippen LogP contribution in [0.3, 0.4) is 0 Å². The summed E-state index contributed by atoms with van der Waals surface area (Å²) in [5, 5.41) is 14.3. The Labute approximate surface area is 110 Å². The van der Waals surface area contributed by atoms with Crippen LogP contribution in [0.4, 0.5) is 0 Å². The van der Waals surface area contributed by atoms with Crippen LogP contribution in [0.15, 0.2) is 11.6 Å². The summed E-state index contributed by atoms with van der Waals surface area (Å²) in [7, 11) is 0. The Bertz CT molecular complexity index is 390. The van der Waals surface area contributed by atoms with E-state index in [1.54, 1.807) is 6.20 Å². The molecule has 0 saturated carbocycles. The Morgan fingerprint density at radius 2 is 2.22 bits per heavy atom. The van der Waals surface area contributed by atoms with Crippen molar-refractivity contribution in [1.82, 2.24) is 10.3 Å². The number of aryl methyl sites for hydroxylation is 1. The van der Waals surface area contributed by atoms with Gasteiger partial charge in [-0.15, -0.1) is 11.3 Å². The third-order valence-corrected chi connectivity index (χ3v) is 3.23. The monoisotopic (exact) mass is 270 g/mol. The number of hydrogen-bond acceptors (Lipinski definition) is 4. The van der Waals surface area contributed by atoms with E-state index in [9.17, 15) is 9.59 Å². The molecule has 1 atom stereocenters. The first-order chi connectivity index (χ1) is 8.49. The number of rotatable bonds is 7. The van der Waals surface area contributed by atoms with Crippen LogP contribution in [0.2, 0.25) is 0 Å². The topological polar surface area (TPSA) is 79.3 Å². The number of carbonyl (C=O) groups is 2. The molecule has 1 aromatic heterocycles. The molecule has 0 spiro atoms. The minimum Gasteiger partial charge on any atom is -0.480 e. The van der Waals surface area contributed by atoms with Crippen LogP contribution < -0.4 is 5.32 Å². The maximum Gasteiger partial charge on any atom is 0.326 e. The average Bonchev–Trinajstić information content (AvgIpc) is 2.77. The highest BCUT2D eigenvalue weighted by Crippen LogP contribution is 2.08. The Kier molecular flexibility index (Phi) is 5.77. The first-order valence-electron chi connectivity index (χ1n) is 5.89. The molecule has 0 saturated heterocycles. The van der Waals surface area contributed by atoms with Gasteiger partial charge in [0.15, 0.2) is 0 Å². The standard InChI is InChI=1S/C12H18N2O3S/c1-8(2)7-9(12(16)17)14-10(15)3-4-11-13-5-6-18-11/h5-6,8-9H,3-4,7H2,1-2H3,(H,14,15)(H,16,17)/t9-/m1/s1. The van der Waals surface area contributed by atoms with Gasteiger partial charge >= 0.3 is 5.97 Å². The predicted octanol–water partition coefficient (Wildman–Crippen LogP) is 1.69. The molecule has 1 aromatic rings. The number of nitrogens with one attached hydrogen (secondary N) is 1. The second-order valence-corrected chi connectivity index (χ2v) is 5.49. The fourth-order valence-electron chi connectivity index (χ4n) is 1.56. The summed E-state index contributed by atoms with van der Waals surface area (Å²) in [5.41, 5.74) is 0. The lowest BCUT2D eigenvalue weighted by Gasteiger charge is -2.16. The number of hydrogen-bond donors (Lipinski definition) is 2. The number of aromatic nitrogens is 1. The molecule has 18 heavy (non-hydrogen) atoms. The molecule has 2 N–H and O–H groups in total. The van der Waals surface area contributed by atoms with Crippen LogP contribution in [0.5, 0.6) is 0 Å². The zero-order valence-electron chi connectivity index (χ0n) is 10.5. The molecule has 1 rings (SSSR count). The van der Waals surface area contributed by atoms with E-state index in [2.05, 4.69) is 10.3 Å². The van der Waals surface area contributed by atoms with Crippen LogP contribution in [-0.4, -0.2) is 28.0 Å². The van der Waals surface area contributed by atoms with Crippen molar-refractivity contribution in [2.24, 2.45) is 5.92 Å². The third kappa shape index (κ3) is 5.27. The van der Waals surface area contributed by atoms with Crippen molar-refractivity contribution in [3.8, 4) is 0 Å². The average molecular weight is 270 g/mol. The Morgan fingerprint density at radius 1 is 1.50 bits per heavy atom. The van der Waals surface area contributed by atoms with Gasteiger partial charge in [0, 0.05) is 24.4 Å². The Hall–Kier alpha value is -1.43. The van der Waals surface area contributed by atoms with Gasteiger partial charge in [-0.2, -0.15) is 0 Å². The minimum absolute atomic E-state index is 0.227. The number of aliphatic carboxylic acids is 1. The zero-order chi connectivity index (χ0) is 13.5. The summed E-state index contributed by atoms with van der Waals surface area (Å²) in [6, 6.07) is -0.797. The van der Waals surface area contributed by atoms with Gasteiger partial charge in [-0.1, -0.05) is 13.8 Å². The molecule has 0 aliphatic carbocycles. The SMILES string of the molecule is CC(C)C[C@@H](NC(=O)CCc1nccs1)C(=O)O. The van der Waals surface area contributed by atoms with E-state index in [-0.39, 0.29) is 18.2 Å². The first kappa shape index (κ1) is 14.6. The highest BCUT2D eigenvalue weighted by Gasteiger charge is 2.20. The summed E-state index contributed by atoms with van der Waals surface area (Å²) in [6.07, 6.45) is 2.96. The van der Waals surface area contributed by atoms with Crippen LogP contribution >= 0.6 is 11.3 Å². The molecular weight excluding hydrogens is 252 g/mol. The summed E-state index contributed by atoms with van der Waals surface area (Å²) in [6.45, 7) is 3.86. The van der Waals surface area contributed by atoms with Crippen molar-refractivity contribution < 1.29 is 14.7 Å². The summed E-state index contributed by atoms with van der Waals surface area (Å²) in [4.78, 5) is 26.7. The maximum absolute atomic E-state index is 11.6. The van der Waals surface area contributed by atoms with E-state index in [1.165, 1.54) is 11.3 Å². The summed E-state index contributed by atoms with van der Waals surface area (Å²) >= 11 is 1.49. The molecule has 0 bridgehead atoms. The molecular formula is C12H18N2O3S. The lowest BCUT2D eigenvalue weighted by Crippen LogP contribution is -2.41. The highest BCUT2D eigenvalue weighted by atomic mass is 32.1. The normalized spacial score (nSPS) is 12.4. The van der Waals surface area contributed by atoms with Gasteiger partial charge < -0.3 is 10.4 Å². The van der Waals surface area contributed by atoms with Crippen molar-refractivity contribution in [3.63, 3.8) is 0 Å². The Balaban J connectivity index is 2.39. The number of thiazole rings is 1. The van der Waals surface area contributed by atoms with Gasteiger partial charge in [0.25, 0.3) is 0 Å². The third-order valence-electron chi connectivity index (χ3n) is 2.39. The smallest absolute Gasteiger partial charge is 0.326 e. The van der Waals surface area contributed by atoms with E-state index in [0.717, 1.165) is 5.01 Å². The van der Waals surface area contributed by atoms with Crippen molar-refractivity contribution in [2.45, 2.75) is 39.2 Å². The molecule has 0 aromatic carbocycles. The number of carboxylic acids is 1. The van der Waals surface area contributed by atoms with Crippen molar-refractivity contribution in [2.75, 3.05) is 0 Å². The van der Waals surface area contributed by atoms with Crippen LogP contribution in [0, 0.1) is 5.92 Å². The quantitative estimate of drug-likeness (QED) is 0.790. The Morgan fingerprint density at radius 3 is 2.72 bits per heavy atom. The van der Waals surface area contributed by atoms with Gasteiger partial charge in [-0.25, -0.2) is 9.78 Å². The number of nitrogens with zero attached hydrogens (tertiary/aromatic N) is 1. The molecule has 6 heteroatoms. The first-order valence-corrected chi connectivity index (χ1v) is 6.77. The van der Waals surface area contributed by atoms with Crippen LogP contribution in [0.25, 0.3) is 0 Å². The fraction of sp³-hybridized carbons (Fsp3) is 0.583. The van der Waals surface area contributed by atoms with E-state index < -0.39 is 12.0 Å². The lowest BCUT2D eigenvalue weighted by molar-refractivity contribution is -0.142. The molecule has 5 nitrogen and oxygen atoms in total. The van der Waals surface area contributed by atoms with Crippen LogP contribution in [0.1, 0.15) is 31.7 Å². The van der Waals surface area contributed by atoms with Gasteiger partial charge in [0.05, 0.1) is 5.01 Å². The maximum atomic E-state index is 11.6. The van der Waals surface area contributed by atoms with Gasteiger partial charge in [-0.3, -0.25) is 4.79 Å². The zero-order valence-corrected chi connectivity index (χ0v) is 11.4. The molecule has 1 heterocycles. The largest absolute Gasteiger partial charge is 0.480 e. The van der Waals surface area contributed by atoms with Crippen molar-refractivity contribution >= 4 is 23.2 Å². The van der Waals surface area contributed by atoms with E-state index in [1.807, 2.05) is 19.2 Å². The molecule has 0 radical (unpaired) electrons. The van der Waals surface area contributed by atoms with Crippen molar-refractivity contribution in [1.29, 1.82) is 0 Å².